The third kappa shape index (κ3) is 2.27. The molecule has 14 heavy (non-hydrogen) atoms. The third-order valence-corrected chi connectivity index (χ3v) is 3.60. The Labute approximate surface area is 88.3 Å². The minimum atomic E-state index is -3.67. The van der Waals surface area contributed by atoms with Gasteiger partial charge in [-0.3, -0.25) is 4.68 Å². The molecule has 0 aliphatic carbocycles. The van der Waals surface area contributed by atoms with Gasteiger partial charge < -0.3 is 0 Å². The van der Waals surface area contributed by atoms with Gasteiger partial charge >= 0.3 is 0 Å². The molecule has 0 aliphatic rings. The lowest BCUT2D eigenvalue weighted by Crippen LogP contribution is -2.04. The molecule has 0 fully saturated rings. The first kappa shape index (κ1) is 11.5. The summed E-state index contributed by atoms with van der Waals surface area (Å²) >= 11 is 0. The van der Waals surface area contributed by atoms with E-state index in [-0.39, 0.29) is 10.9 Å². The molecule has 0 saturated carbocycles. The Morgan fingerprint density at radius 2 is 2.21 bits per heavy atom. The minimum absolute atomic E-state index is 0.0967. The van der Waals surface area contributed by atoms with Crippen molar-refractivity contribution in [1.82, 2.24) is 9.78 Å². The zero-order chi connectivity index (χ0) is 10.9. The van der Waals surface area contributed by atoms with Gasteiger partial charge in [0.05, 0.1) is 5.69 Å². The Morgan fingerprint density at radius 3 is 2.57 bits per heavy atom. The van der Waals surface area contributed by atoms with Crippen molar-refractivity contribution in [2.24, 2.45) is 0 Å². The molecular formula is C8H13ClN2O2S. The molecule has 0 N–H and O–H groups in total. The van der Waals surface area contributed by atoms with Crippen LogP contribution in [0.1, 0.15) is 32.0 Å². The molecule has 1 atom stereocenters. The highest BCUT2D eigenvalue weighted by atomic mass is 35.7. The maximum absolute atomic E-state index is 11.1. The number of nitrogens with zero attached hydrogens (tertiary/aromatic N) is 2. The molecule has 0 spiro atoms. The van der Waals surface area contributed by atoms with Crippen LogP contribution in [0.3, 0.4) is 0 Å². The minimum Gasteiger partial charge on any atom is -0.268 e. The standard InChI is InChI=1S/C8H13ClN2O2S/c1-4-6(2)11-5-8(7(3)10-11)14(9,12)13/h5-6H,4H2,1-3H3. The van der Waals surface area contributed by atoms with E-state index in [0.717, 1.165) is 6.42 Å². The molecule has 0 amide bonds. The first-order valence-electron chi connectivity index (χ1n) is 4.36. The molecule has 4 nitrogen and oxygen atoms in total. The summed E-state index contributed by atoms with van der Waals surface area (Å²) in [4.78, 5) is 0.0967. The van der Waals surface area contributed by atoms with Crippen LogP contribution in [0, 0.1) is 6.92 Å². The lowest BCUT2D eigenvalue weighted by molar-refractivity contribution is 0.475. The second-order valence-corrected chi connectivity index (χ2v) is 5.79. The molecule has 0 aliphatic heterocycles. The van der Waals surface area contributed by atoms with Gasteiger partial charge in [0.1, 0.15) is 4.90 Å². The SMILES string of the molecule is CCC(C)n1cc(S(=O)(=O)Cl)c(C)n1. The summed E-state index contributed by atoms with van der Waals surface area (Å²) < 4.78 is 23.8. The third-order valence-electron chi connectivity index (χ3n) is 2.18. The van der Waals surface area contributed by atoms with E-state index in [1.165, 1.54) is 6.20 Å². The van der Waals surface area contributed by atoms with E-state index in [9.17, 15) is 8.42 Å². The van der Waals surface area contributed by atoms with Crippen LogP contribution in [0.4, 0.5) is 0 Å². The maximum Gasteiger partial charge on any atom is 0.264 e. The average Bonchev–Trinajstić information content (AvgIpc) is 2.45. The molecule has 0 bridgehead atoms. The predicted octanol–water partition coefficient (Wildman–Crippen LogP) is 2.09. The Morgan fingerprint density at radius 1 is 1.64 bits per heavy atom. The van der Waals surface area contributed by atoms with Crippen molar-refractivity contribution in [3.05, 3.63) is 11.9 Å². The highest BCUT2D eigenvalue weighted by Crippen LogP contribution is 2.20. The van der Waals surface area contributed by atoms with E-state index in [4.69, 9.17) is 10.7 Å². The van der Waals surface area contributed by atoms with Crippen molar-refractivity contribution < 1.29 is 8.42 Å². The van der Waals surface area contributed by atoms with Gasteiger partial charge in [-0.15, -0.1) is 0 Å². The Bertz CT molecular complexity index is 425. The molecule has 6 heteroatoms. The molecule has 0 radical (unpaired) electrons. The topological polar surface area (TPSA) is 52.0 Å². The van der Waals surface area contributed by atoms with Crippen molar-refractivity contribution in [2.45, 2.75) is 38.1 Å². The van der Waals surface area contributed by atoms with Crippen LogP contribution in [0.25, 0.3) is 0 Å². The molecule has 1 unspecified atom stereocenters. The summed E-state index contributed by atoms with van der Waals surface area (Å²) in [6, 6.07) is 0.181. The van der Waals surface area contributed by atoms with E-state index in [1.54, 1.807) is 11.6 Å². The van der Waals surface area contributed by atoms with Gasteiger partial charge in [-0.1, -0.05) is 6.92 Å². The number of aromatic nitrogens is 2. The lowest BCUT2D eigenvalue weighted by atomic mass is 10.3. The fraction of sp³-hybridized carbons (Fsp3) is 0.625. The fourth-order valence-electron chi connectivity index (χ4n) is 1.12. The number of aryl methyl sites for hydroxylation is 1. The molecule has 1 aromatic heterocycles. The summed E-state index contributed by atoms with van der Waals surface area (Å²) in [6.45, 7) is 5.61. The monoisotopic (exact) mass is 236 g/mol. The van der Waals surface area contributed by atoms with Gasteiger partial charge in [-0.05, 0) is 20.3 Å². The van der Waals surface area contributed by atoms with Gasteiger partial charge in [-0.2, -0.15) is 5.10 Å². The van der Waals surface area contributed by atoms with E-state index in [2.05, 4.69) is 5.10 Å². The van der Waals surface area contributed by atoms with Crippen LogP contribution < -0.4 is 0 Å². The van der Waals surface area contributed by atoms with E-state index >= 15 is 0 Å². The van der Waals surface area contributed by atoms with Crippen LogP contribution in [0.5, 0.6) is 0 Å². The van der Waals surface area contributed by atoms with Crippen LogP contribution in [-0.4, -0.2) is 18.2 Å². The first-order chi connectivity index (χ1) is 6.36. The second kappa shape index (κ2) is 3.90. The Kier molecular flexibility index (Phi) is 3.21. The second-order valence-electron chi connectivity index (χ2n) is 3.25. The number of halogens is 1. The first-order valence-corrected chi connectivity index (χ1v) is 6.67. The van der Waals surface area contributed by atoms with E-state index in [1.807, 2.05) is 13.8 Å². The van der Waals surface area contributed by atoms with Crippen molar-refractivity contribution >= 4 is 19.7 Å². The number of hydrogen-bond acceptors (Lipinski definition) is 3. The molecule has 1 heterocycles. The van der Waals surface area contributed by atoms with Gasteiger partial charge in [0.2, 0.25) is 0 Å². The highest BCUT2D eigenvalue weighted by molar-refractivity contribution is 8.13. The normalized spacial score (nSPS) is 14.3. The lowest BCUT2D eigenvalue weighted by Gasteiger charge is -2.07. The van der Waals surface area contributed by atoms with Crippen LogP contribution in [0.2, 0.25) is 0 Å². The van der Waals surface area contributed by atoms with Gasteiger partial charge in [0, 0.05) is 22.9 Å². The number of hydrogen-bond donors (Lipinski definition) is 0. The van der Waals surface area contributed by atoms with Crippen LogP contribution in [-0.2, 0) is 9.05 Å². The summed E-state index contributed by atoms with van der Waals surface area (Å²) in [7, 11) is 1.58. The Hall–Kier alpha value is -0.550. The van der Waals surface area contributed by atoms with Gasteiger partial charge in [0.25, 0.3) is 9.05 Å². The molecule has 1 rings (SSSR count). The zero-order valence-corrected chi connectivity index (χ0v) is 9.93. The largest absolute Gasteiger partial charge is 0.268 e. The van der Waals surface area contributed by atoms with Crippen molar-refractivity contribution in [2.75, 3.05) is 0 Å². The van der Waals surface area contributed by atoms with Crippen molar-refractivity contribution in [3.8, 4) is 0 Å². The van der Waals surface area contributed by atoms with Gasteiger partial charge in [0.15, 0.2) is 0 Å². The molecule has 0 saturated heterocycles. The summed E-state index contributed by atoms with van der Waals surface area (Å²) in [6.07, 6.45) is 2.37. The summed E-state index contributed by atoms with van der Waals surface area (Å²) in [5, 5.41) is 4.10. The van der Waals surface area contributed by atoms with Crippen LogP contribution >= 0.6 is 10.7 Å². The number of rotatable bonds is 3. The smallest absolute Gasteiger partial charge is 0.264 e. The Balaban J connectivity index is 3.18. The van der Waals surface area contributed by atoms with Crippen molar-refractivity contribution in [1.29, 1.82) is 0 Å². The molecule has 80 valence electrons. The predicted molar refractivity (Wildman–Crippen MR) is 55.0 cm³/mol. The van der Waals surface area contributed by atoms with Gasteiger partial charge in [-0.25, -0.2) is 8.42 Å². The van der Waals surface area contributed by atoms with E-state index < -0.39 is 9.05 Å². The maximum atomic E-state index is 11.1. The van der Waals surface area contributed by atoms with E-state index in [0.29, 0.717) is 5.69 Å². The zero-order valence-electron chi connectivity index (χ0n) is 8.36. The molecule has 1 aromatic rings. The molecule has 0 aromatic carbocycles. The summed E-state index contributed by atoms with van der Waals surface area (Å²) in [5.74, 6) is 0. The van der Waals surface area contributed by atoms with Crippen molar-refractivity contribution in [3.63, 3.8) is 0 Å². The summed E-state index contributed by atoms with van der Waals surface area (Å²) in [5.41, 5.74) is 0.445. The fourth-order valence-corrected chi connectivity index (χ4v) is 2.20. The molecular weight excluding hydrogens is 224 g/mol. The highest BCUT2D eigenvalue weighted by Gasteiger charge is 2.18. The van der Waals surface area contributed by atoms with Crippen LogP contribution in [0.15, 0.2) is 11.1 Å². The average molecular weight is 237 g/mol. The quantitative estimate of drug-likeness (QED) is 0.756.